The van der Waals surface area contributed by atoms with Gasteiger partial charge in [0.1, 0.15) is 9.84 Å². The number of aliphatic imine (C=N–C) groups is 1. The quantitative estimate of drug-likeness (QED) is 0.247. The van der Waals surface area contributed by atoms with Crippen LogP contribution in [0.3, 0.4) is 0 Å². The summed E-state index contributed by atoms with van der Waals surface area (Å²) in [6.45, 7) is 7.65. The minimum absolute atomic E-state index is 0. The Balaban J connectivity index is 0.00000300. The number of morpholine rings is 1. The Hall–Kier alpha value is -0.910. The Morgan fingerprint density at radius 1 is 1.28 bits per heavy atom. The van der Waals surface area contributed by atoms with Crippen LogP contribution in [0.1, 0.15) is 18.9 Å². The van der Waals surface area contributed by atoms with E-state index < -0.39 is 9.84 Å². The number of likely N-dealkylation sites (tertiary alicyclic amines) is 1. The van der Waals surface area contributed by atoms with Crippen LogP contribution in [0.15, 0.2) is 35.3 Å². The molecule has 2 saturated heterocycles. The van der Waals surface area contributed by atoms with Gasteiger partial charge in [-0.2, -0.15) is 0 Å². The number of nitrogens with zero attached hydrogens (tertiary/aromatic N) is 3. The normalized spacial score (nSPS) is 22.8. The third-order valence-electron chi connectivity index (χ3n) is 5.21. The van der Waals surface area contributed by atoms with Crippen molar-refractivity contribution in [2.24, 2.45) is 4.99 Å². The van der Waals surface area contributed by atoms with E-state index in [4.69, 9.17) is 4.74 Å². The molecule has 2 aliphatic rings. The molecule has 2 fully saturated rings. The van der Waals surface area contributed by atoms with Crippen molar-refractivity contribution in [3.8, 4) is 0 Å². The zero-order chi connectivity index (χ0) is 20.0. The van der Waals surface area contributed by atoms with Crippen LogP contribution >= 0.6 is 24.0 Å². The van der Waals surface area contributed by atoms with Gasteiger partial charge in [-0.1, -0.05) is 30.3 Å². The van der Waals surface area contributed by atoms with Gasteiger partial charge in [-0.25, -0.2) is 8.42 Å². The van der Waals surface area contributed by atoms with Crippen LogP contribution in [0.2, 0.25) is 0 Å². The van der Waals surface area contributed by atoms with Crippen LogP contribution in [0, 0.1) is 0 Å². The molecule has 0 radical (unpaired) electrons. The average Bonchev–Trinajstić information content (AvgIpc) is 3.09. The molecule has 0 aliphatic carbocycles. The van der Waals surface area contributed by atoms with Crippen molar-refractivity contribution in [3.05, 3.63) is 35.9 Å². The van der Waals surface area contributed by atoms with Gasteiger partial charge in [0.05, 0.1) is 24.5 Å². The number of nitrogens with one attached hydrogen (secondary N) is 1. The summed E-state index contributed by atoms with van der Waals surface area (Å²) in [6, 6.07) is 10.9. The number of hydrogen-bond acceptors (Lipinski definition) is 5. The predicted octanol–water partition coefficient (Wildman–Crippen LogP) is 1.59. The molecular weight excluding hydrogens is 503 g/mol. The van der Waals surface area contributed by atoms with E-state index in [-0.39, 0.29) is 35.8 Å². The van der Waals surface area contributed by atoms with Crippen LogP contribution < -0.4 is 5.32 Å². The third-order valence-corrected chi connectivity index (χ3v) is 6.24. The zero-order valence-electron chi connectivity index (χ0n) is 17.3. The first-order chi connectivity index (χ1) is 13.5. The van der Waals surface area contributed by atoms with E-state index in [0.29, 0.717) is 19.0 Å². The first-order valence-electron chi connectivity index (χ1n) is 10.1. The second kappa shape index (κ2) is 11.5. The Morgan fingerprint density at radius 3 is 2.72 bits per heavy atom. The molecule has 7 nitrogen and oxygen atoms in total. The summed E-state index contributed by atoms with van der Waals surface area (Å²) < 4.78 is 28.7. The van der Waals surface area contributed by atoms with Crippen molar-refractivity contribution in [1.82, 2.24) is 15.1 Å². The van der Waals surface area contributed by atoms with E-state index in [2.05, 4.69) is 44.4 Å². The summed E-state index contributed by atoms with van der Waals surface area (Å²) in [7, 11) is -2.94. The Kier molecular flexibility index (Phi) is 9.64. The molecule has 2 atom stereocenters. The Labute approximate surface area is 191 Å². The topological polar surface area (TPSA) is 74.2 Å². The van der Waals surface area contributed by atoms with Crippen LogP contribution in [-0.2, 0) is 21.1 Å². The summed E-state index contributed by atoms with van der Waals surface area (Å²) in [5.41, 5.74) is 1.32. The van der Waals surface area contributed by atoms with Crippen molar-refractivity contribution in [1.29, 1.82) is 0 Å². The zero-order valence-corrected chi connectivity index (χ0v) is 20.4. The molecule has 0 bridgehead atoms. The summed E-state index contributed by atoms with van der Waals surface area (Å²) in [5.74, 6) is 1.03. The molecule has 1 N–H and O–H groups in total. The van der Waals surface area contributed by atoms with Gasteiger partial charge in [-0.3, -0.25) is 9.89 Å². The van der Waals surface area contributed by atoms with Crippen LogP contribution in [0.25, 0.3) is 0 Å². The second-order valence-electron chi connectivity index (χ2n) is 7.56. The molecule has 0 spiro atoms. The van der Waals surface area contributed by atoms with E-state index >= 15 is 0 Å². The van der Waals surface area contributed by atoms with Crippen LogP contribution in [-0.4, -0.2) is 87.7 Å². The largest absolute Gasteiger partial charge is 0.373 e. The standard InChI is InChI=1S/C20H32N4O3S.HI/c1-3-21-20(22-10-7-13-28(2,25)26)24-15-18-19(16-24)27-12-11-23(18)14-17-8-5-4-6-9-17;/h4-6,8-9,18-19H,3,7,10-16H2,1-2H3,(H,21,22);1H. The third kappa shape index (κ3) is 7.37. The fourth-order valence-electron chi connectivity index (χ4n) is 3.88. The minimum atomic E-state index is -2.94. The minimum Gasteiger partial charge on any atom is -0.373 e. The van der Waals surface area contributed by atoms with Gasteiger partial charge in [-0.15, -0.1) is 24.0 Å². The summed E-state index contributed by atoms with van der Waals surface area (Å²) in [4.78, 5) is 9.42. The van der Waals surface area contributed by atoms with Gasteiger partial charge in [-0.05, 0) is 18.9 Å². The molecule has 9 heteroatoms. The van der Waals surface area contributed by atoms with E-state index in [0.717, 1.165) is 45.3 Å². The number of hydrogen-bond donors (Lipinski definition) is 1. The molecule has 1 aromatic rings. The molecule has 0 aromatic heterocycles. The summed E-state index contributed by atoms with van der Waals surface area (Å²) >= 11 is 0. The smallest absolute Gasteiger partial charge is 0.194 e. The van der Waals surface area contributed by atoms with Crippen molar-refractivity contribution in [3.63, 3.8) is 0 Å². The second-order valence-corrected chi connectivity index (χ2v) is 9.82. The van der Waals surface area contributed by atoms with Crippen molar-refractivity contribution in [2.75, 3.05) is 51.3 Å². The highest BCUT2D eigenvalue weighted by atomic mass is 127. The molecule has 29 heavy (non-hydrogen) atoms. The van der Waals surface area contributed by atoms with Gasteiger partial charge < -0.3 is 15.0 Å². The van der Waals surface area contributed by atoms with Gasteiger partial charge in [0, 0.05) is 45.5 Å². The van der Waals surface area contributed by atoms with E-state index in [1.807, 2.05) is 13.0 Å². The first-order valence-corrected chi connectivity index (χ1v) is 12.1. The molecule has 2 aliphatic heterocycles. The molecule has 164 valence electrons. The molecule has 2 heterocycles. The van der Waals surface area contributed by atoms with Gasteiger partial charge >= 0.3 is 0 Å². The maximum Gasteiger partial charge on any atom is 0.194 e. The van der Waals surface area contributed by atoms with E-state index in [1.165, 1.54) is 11.8 Å². The fraction of sp³-hybridized carbons (Fsp3) is 0.650. The molecule has 0 amide bonds. The molecule has 2 unspecified atom stereocenters. The number of guanidine groups is 1. The lowest BCUT2D eigenvalue weighted by atomic mass is 10.1. The van der Waals surface area contributed by atoms with Crippen molar-refractivity contribution in [2.45, 2.75) is 32.0 Å². The van der Waals surface area contributed by atoms with Crippen molar-refractivity contribution >= 4 is 39.8 Å². The monoisotopic (exact) mass is 536 g/mol. The first kappa shape index (κ1) is 24.4. The predicted molar refractivity (Wildman–Crippen MR) is 128 cm³/mol. The maximum atomic E-state index is 11.3. The van der Waals surface area contributed by atoms with Gasteiger partial charge in [0.15, 0.2) is 5.96 Å². The van der Waals surface area contributed by atoms with E-state index in [1.54, 1.807) is 0 Å². The van der Waals surface area contributed by atoms with Gasteiger partial charge in [0.2, 0.25) is 0 Å². The number of ether oxygens (including phenoxy) is 1. The van der Waals surface area contributed by atoms with Crippen LogP contribution in [0.4, 0.5) is 0 Å². The number of benzene rings is 1. The summed E-state index contributed by atoms with van der Waals surface area (Å²) in [5, 5.41) is 3.35. The number of halogens is 1. The van der Waals surface area contributed by atoms with E-state index in [9.17, 15) is 8.42 Å². The van der Waals surface area contributed by atoms with Crippen LogP contribution in [0.5, 0.6) is 0 Å². The highest BCUT2D eigenvalue weighted by Crippen LogP contribution is 2.24. The molecule has 0 saturated carbocycles. The lowest BCUT2D eigenvalue weighted by Crippen LogP contribution is -2.50. The highest BCUT2D eigenvalue weighted by Gasteiger charge is 2.41. The number of sulfone groups is 1. The molecular formula is C20H33IN4O3S. The fourth-order valence-corrected chi connectivity index (χ4v) is 4.54. The Bertz CT molecular complexity index is 760. The van der Waals surface area contributed by atoms with Gasteiger partial charge in [0.25, 0.3) is 0 Å². The lowest BCUT2D eigenvalue weighted by Gasteiger charge is -2.36. The number of rotatable bonds is 7. The molecule has 1 aromatic carbocycles. The summed E-state index contributed by atoms with van der Waals surface area (Å²) in [6.07, 6.45) is 1.99. The number of fused-ring (bicyclic) bond motifs is 1. The lowest BCUT2D eigenvalue weighted by molar-refractivity contribution is -0.0502. The maximum absolute atomic E-state index is 11.3. The highest BCUT2D eigenvalue weighted by molar-refractivity contribution is 14.0. The SMILES string of the molecule is CCNC(=NCCCS(C)(=O)=O)N1CC2OCCN(Cc3ccccc3)C2C1.I. The average molecular weight is 536 g/mol. The van der Waals surface area contributed by atoms with Crippen molar-refractivity contribution < 1.29 is 13.2 Å². The Morgan fingerprint density at radius 2 is 2.03 bits per heavy atom. The molecule has 3 rings (SSSR count).